The Balaban J connectivity index is 1.77. The summed E-state index contributed by atoms with van der Waals surface area (Å²) in [6, 6.07) is 5.38. The molecule has 0 bridgehead atoms. The molecule has 1 spiro atoms. The minimum Gasteiger partial charge on any atom is -0.383 e. The van der Waals surface area contributed by atoms with Crippen LogP contribution in [0.1, 0.15) is 31.2 Å². The highest BCUT2D eigenvalue weighted by Gasteiger charge is 2.61. The van der Waals surface area contributed by atoms with E-state index in [0.29, 0.717) is 12.0 Å². The summed E-state index contributed by atoms with van der Waals surface area (Å²) in [5.74, 6) is -0.238. The lowest BCUT2D eigenvalue weighted by molar-refractivity contribution is 0.108. The summed E-state index contributed by atoms with van der Waals surface area (Å²) in [6.07, 6.45) is 4.76. The highest BCUT2D eigenvalue weighted by Crippen LogP contribution is 2.69. The van der Waals surface area contributed by atoms with Crippen LogP contribution in [0.2, 0.25) is 5.02 Å². The molecule has 1 N–H and O–H groups in total. The molecule has 0 radical (unpaired) electrons. The fourth-order valence-electron chi connectivity index (χ4n) is 3.74. The molecule has 2 saturated carbocycles. The zero-order chi connectivity index (χ0) is 14.2. The third kappa shape index (κ3) is 2.47. The van der Waals surface area contributed by atoms with E-state index in [4.69, 9.17) is 16.3 Å². The van der Waals surface area contributed by atoms with Crippen molar-refractivity contribution in [2.24, 2.45) is 5.41 Å². The molecular formula is C16H21ClFNO. The van der Waals surface area contributed by atoms with Crippen LogP contribution in [0.3, 0.4) is 0 Å². The molecule has 0 aromatic heterocycles. The molecule has 20 heavy (non-hydrogen) atoms. The molecule has 2 nitrogen and oxygen atoms in total. The second kappa shape index (κ2) is 5.28. The first-order valence-electron chi connectivity index (χ1n) is 7.25. The summed E-state index contributed by atoms with van der Waals surface area (Å²) < 4.78 is 19.4. The second-order valence-corrected chi connectivity index (χ2v) is 6.81. The van der Waals surface area contributed by atoms with Crippen molar-refractivity contribution in [3.8, 4) is 0 Å². The van der Waals surface area contributed by atoms with Crippen molar-refractivity contribution in [3.63, 3.8) is 0 Å². The van der Waals surface area contributed by atoms with E-state index in [-0.39, 0.29) is 16.3 Å². The summed E-state index contributed by atoms with van der Waals surface area (Å²) in [7, 11) is 1.69. The lowest BCUT2D eigenvalue weighted by atomic mass is 9.56. The summed E-state index contributed by atoms with van der Waals surface area (Å²) in [5.41, 5.74) is 1.21. The second-order valence-electron chi connectivity index (χ2n) is 6.40. The Labute approximate surface area is 124 Å². The van der Waals surface area contributed by atoms with Crippen LogP contribution >= 0.6 is 11.6 Å². The first-order chi connectivity index (χ1) is 9.61. The van der Waals surface area contributed by atoms with Crippen LogP contribution in [0.4, 0.5) is 4.39 Å². The molecule has 0 heterocycles. The number of nitrogens with one attached hydrogen (secondary N) is 1. The van der Waals surface area contributed by atoms with Gasteiger partial charge in [-0.25, -0.2) is 4.39 Å². The quantitative estimate of drug-likeness (QED) is 0.811. The molecule has 1 aromatic carbocycles. The summed E-state index contributed by atoms with van der Waals surface area (Å²) >= 11 is 5.96. The molecule has 110 valence electrons. The Morgan fingerprint density at radius 2 is 2.10 bits per heavy atom. The molecule has 0 atom stereocenters. The normalized spacial score (nSPS) is 21.8. The molecule has 3 rings (SSSR count). The Kier molecular flexibility index (Phi) is 3.78. The van der Waals surface area contributed by atoms with Crippen molar-refractivity contribution >= 4 is 11.6 Å². The molecule has 4 heteroatoms. The van der Waals surface area contributed by atoms with Gasteiger partial charge in [0.05, 0.1) is 11.6 Å². The van der Waals surface area contributed by atoms with Crippen LogP contribution in [0.15, 0.2) is 18.2 Å². The predicted octanol–water partition coefficient (Wildman–Crippen LogP) is 3.53. The van der Waals surface area contributed by atoms with E-state index in [1.54, 1.807) is 13.2 Å². The zero-order valence-corrected chi connectivity index (χ0v) is 12.6. The number of ether oxygens (including phenoxy) is 1. The minimum absolute atomic E-state index is 0.0841. The van der Waals surface area contributed by atoms with Crippen LogP contribution in [0, 0.1) is 11.2 Å². The number of methoxy groups -OCH3 is 1. The summed E-state index contributed by atoms with van der Waals surface area (Å²) in [4.78, 5) is 0. The number of halogens is 2. The van der Waals surface area contributed by atoms with Gasteiger partial charge in [0.1, 0.15) is 5.82 Å². The van der Waals surface area contributed by atoms with Gasteiger partial charge in [-0.15, -0.1) is 0 Å². The Hall–Kier alpha value is -0.640. The molecule has 1 aromatic rings. The van der Waals surface area contributed by atoms with Gasteiger partial charge in [-0.05, 0) is 42.7 Å². The van der Waals surface area contributed by atoms with Gasteiger partial charge in [0, 0.05) is 25.6 Å². The van der Waals surface area contributed by atoms with Crippen LogP contribution in [0.5, 0.6) is 0 Å². The number of hydrogen-bond acceptors (Lipinski definition) is 2. The van der Waals surface area contributed by atoms with Gasteiger partial charge in [0.15, 0.2) is 0 Å². The fraction of sp³-hybridized carbons (Fsp3) is 0.625. The first kappa shape index (κ1) is 14.3. The van der Waals surface area contributed by atoms with Crippen molar-refractivity contribution in [3.05, 3.63) is 34.6 Å². The van der Waals surface area contributed by atoms with Gasteiger partial charge >= 0.3 is 0 Å². The number of benzene rings is 1. The van der Waals surface area contributed by atoms with Gasteiger partial charge in [-0.3, -0.25) is 0 Å². The minimum atomic E-state index is -0.238. The average molecular weight is 298 g/mol. The van der Waals surface area contributed by atoms with Crippen molar-refractivity contribution in [2.75, 3.05) is 26.8 Å². The van der Waals surface area contributed by atoms with Crippen molar-refractivity contribution in [2.45, 2.75) is 31.1 Å². The smallest absolute Gasteiger partial charge is 0.145 e. The van der Waals surface area contributed by atoms with Crippen LogP contribution in [0.25, 0.3) is 0 Å². The SMILES string of the molecule is COCCNCC1(c2cccc(Cl)c2F)CC2(CC2)C1. The van der Waals surface area contributed by atoms with Gasteiger partial charge in [0.25, 0.3) is 0 Å². The molecule has 2 fully saturated rings. The lowest BCUT2D eigenvalue weighted by Crippen LogP contribution is -2.50. The van der Waals surface area contributed by atoms with E-state index in [2.05, 4.69) is 5.32 Å². The molecule has 0 unspecified atom stereocenters. The Morgan fingerprint density at radius 1 is 1.35 bits per heavy atom. The Morgan fingerprint density at radius 3 is 2.75 bits per heavy atom. The predicted molar refractivity (Wildman–Crippen MR) is 78.7 cm³/mol. The van der Waals surface area contributed by atoms with Crippen molar-refractivity contribution in [1.29, 1.82) is 0 Å². The summed E-state index contributed by atoms with van der Waals surface area (Å²) in [5, 5.41) is 3.64. The maximum absolute atomic E-state index is 14.4. The molecule has 0 amide bonds. The third-order valence-electron chi connectivity index (χ3n) is 4.85. The molecule has 2 aliphatic rings. The standard InChI is InChI=1S/C16H21ClFNO/c1-20-8-7-19-11-16(9-15(10-16)5-6-15)12-3-2-4-13(17)14(12)18/h2-4,19H,5-11H2,1H3. The number of rotatable bonds is 6. The topological polar surface area (TPSA) is 21.3 Å². The van der Waals surface area contributed by atoms with Crippen LogP contribution < -0.4 is 5.32 Å². The van der Waals surface area contributed by atoms with E-state index in [0.717, 1.165) is 31.5 Å². The van der Waals surface area contributed by atoms with Crippen molar-refractivity contribution < 1.29 is 9.13 Å². The van der Waals surface area contributed by atoms with E-state index in [1.165, 1.54) is 12.8 Å². The van der Waals surface area contributed by atoms with Gasteiger partial charge in [0.2, 0.25) is 0 Å². The maximum atomic E-state index is 14.4. The first-order valence-corrected chi connectivity index (χ1v) is 7.63. The molecule has 0 saturated heterocycles. The van der Waals surface area contributed by atoms with E-state index >= 15 is 0 Å². The highest BCUT2D eigenvalue weighted by molar-refractivity contribution is 6.30. The summed E-state index contributed by atoms with van der Waals surface area (Å²) in [6.45, 7) is 2.28. The molecule has 0 aliphatic heterocycles. The van der Waals surface area contributed by atoms with Gasteiger partial charge in [-0.1, -0.05) is 23.7 Å². The highest BCUT2D eigenvalue weighted by atomic mass is 35.5. The molecule has 2 aliphatic carbocycles. The fourth-order valence-corrected chi connectivity index (χ4v) is 3.91. The Bertz CT molecular complexity index is 493. The third-order valence-corrected chi connectivity index (χ3v) is 5.15. The number of hydrogen-bond donors (Lipinski definition) is 1. The van der Waals surface area contributed by atoms with E-state index in [9.17, 15) is 4.39 Å². The van der Waals surface area contributed by atoms with E-state index < -0.39 is 0 Å². The van der Waals surface area contributed by atoms with Gasteiger partial charge in [-0.2, -0.15) is 0 Å². The monoisotopic (exact) mass is 297 g/mol. The largest absolute Gasteiger partial charge is 0.383 e. The van der Waals surface area contributed by atoms with Crippen molar-refractivity contribution in [1.82, 2.24) is 5.32 Å². The van der Waals surface area contributed by atoms with E-state index in [1.807, 2.05) is 12.1 Å². The van der Waals surface area contributed by atoms with Gasteiger partial charge < -0.3 is 10.1 Å². The zero-order valence-electron chi connectivity index (χ0n) is 11.8. The lowest BCUT2D eigenvalue weighted by Gasteiger charge is -2.49. The molecular weight excluding hydrogens is 277 g/mol. The maximum Gasteiger partial charge on any atom is 0.145 e. The van der Waals surface area contributed by atoms with Crippen LogP contribution in [-0.2, 0) is 10.2 Å². The van der Waals surface area contributed by atoms with Crippen LogP contribution in [-0.4, -0.2) is 26.8 Å². The average Bonchev–Trinajstić information content (AvgIpc) is 3.17.